The van der Waals surface area contributed by atoms with Crippen molar-refractivity contribution in [2.24, 2.45) is 5.73 Å². The van der Waals surface area contributed by atoms with E-state index in [1.165, 1.54) is 0 Å². The van der Waals surface area contributed by atoms with Gasteiger partial charge in [0.05, 0.1) is 11.1 Å². The normalized spacial score (nSPS) is 18.1. The number of hydrogen-bond donors (Lipinski definition) is 2. The number of piperidine rings is 1. The standard InChI is InChI=1S/C14H18N2O2S/c15-13(19)12(10-4-2-1-3-5-10)14(18)16-8-6-11(17)7-9-16/h1-5,11-12,17H,6-9H2,(H2,15,19). The summed E-state index contributed by atoms with van der Waals surface area (Å²) in [6.07, 6.45) is 0.930. The Morgan fingerprint density at radius 3 is 2.42 bits per heavy atom. The fourth-order valence-electron chi connectivity index (χ4n) is 2.34. The largest absolute Gasteiger partial charge is 0.393 e. The molecule has 1 fully saturated rings. The van der Waals surface area contributed by atoms with E-state index in [2.05, 4.69) is 0 Å². The van der Waals surface area contributed by atoms with Crippen LogP contribution in [0, 0.1) is 0 Å². The molecule has 1 amide bonds. The molecular weight excluding hydrogens is 260 g/mol. The van der Waals surface area contributed by atoms with Crippen LogP contribution in [0.25, 0.3) is 0 Å². The molecule has 19 heavy (non-hydrogen) atoms. The second kappa shape index (κ2) is 6.12. The summed E-state index contributed by atoms with van der Waals surface area (Å²) in [7, 11) is 0. The summed E-state index contributed by atoms with van der Waals surface area (Å²) in [4.78, 5) is 14.5. The van der Waals surface area contributed by atoms with Crippen molar-refractivity contribution in [2.45, 2.75) is 24.9 Å². The summed E-state index contributed by atoms with van der Waals surface area (Å²) in [6.45, 7) is 1.12. The SMILES string of the molecule is NC(=S)C(C(=O)N1CCC(O)CC1)c1ccccc1. The minimum absolute atomic E-state index is 0.0643. The first-order valence-electron chi connectivity index (χ1n) is 6.40. The number of carbonyl (C=O) groups excluding carboxylic acids is 1. The van der Waals surface area contributed by atoms with Crippen LogP contribution in [0.1, 0.15) is 24.3 Å². The van der Waals surface area contributed by atoms with E-state index in [-0.39, 0.29) is 17.0 Å². The minimum Gasteiger partial charge on any atom is -0.393 e. The highest BCUT2D eigenvalue weighted by molar-refractivity contribution is 7.80. The van der Waals surface area contributed by atoms with Gasteiger partial charge in [0.25, 0.3) is 0 Å². The van der Waals surface area contributed by atoms with Gasteiger partial charge in [0.15, 0.2) is 0 Å². The Morgan fingerprint density at radius 2 is 1.89 bits per heavy atom. The van der Waals surface area contributed by atoms with Crippen molar-refractivity contribution in [3.8, 4) is 0 Å². The molecule has 1 saturated heterocycles. The van der Waals surface area contributed by atoms with Gasteiger partial charge in [-0.15, -0.1) is 0 Å². The number of aliphatic hydroxyl groups excluding tert-OH is 1. The van der Waals surface area contributed by atoms with Crippen LogP contribution in [0.5, 0.6) is 0 Å². The topological polar surface area (TPSA) is 66.6 Å². The molecule has 1 unspecified atom stereocenters. The van der Waals surface area contributed by atoms with Crippen LogP contribution in [-0.2, 0) is 4.79 Å². The average molecular weight is 278 g/mol. The molecule has 3 N–H and O–H groups in total. The second-order valence-corrected chi connectivity index (χ2v) is 5.27. The lowest BCUT2D eigenvalue weighted by Crippen LogP contribution is -2.45. The summed E-state index contributed by atoms with van der Waals surface area (Å²) < 4.78 is 0. The van der Waals surface area contributed by atoms with Gasteiger partial charge in [-0.05, 0) is 18.4 Å². The van der Waals surface area contributed by atoms with Gasteiger partial charge < -0.3 is 15.7 Å². The number of thiocarbonyl (C=S) groups is 1. The number of carbonyl (C=O) groups is 1. The van der Waals surface area contributed by atoms with E-state index in [9.17, 15) is 9.90 Å². The molecule has 1 aromatic rings. The number of hydrogen-bond acceptors (Lipinski definition) is 3. The van der Waals surface area contributed by atoms with Crippen LogP contribution in [0.15, 0.2) is 30.3 Å². The monoisotopic (exact) mass is 278 g/mol. The fraction of sp³-hybridized carbons (Fsp3) is 0.429. The van der Waals surface area contributed by atoms with Crippen molar-refractivity contribution >= 4 is 23.1 Å². The molecule has 0 radical (unpaired) electrons. The lowest BCUT2D eigenvalue weighted by Gasteiger charge is -2.32. The number of likely N-dealkylation sites (tertiary alicyclic amines) is 1. The van der Waals surface area contributed by atoms with E-state index in [1.54, 1.807) is 4.90 Å². The zero-order chi connectivity index (χ0) is 13.8. The Kier molecular flexibility index (Phi) is 4.50. The third-order valence-corrected chi connectivity index (χ3v) is 3.68. The molecule has 2 rings (SSSR count). The number of nitrogens with zero attached hydrogens (tertiary/aromatic N) is 1. The number of rotatable bonds is 3. The Bertz CT molecular complexity index is 456. The summed E-state index contributed by atoms with van der Waals surface area (Å²) >= 11 is 5.05. The summed E-state index contributed by atoms with van der Waals surface area (Å²) in [5.74, 6) is -0.628. The lowest BCUT2D eigenvalue weighted by atomic mass is 9.96. The van der Waals surface area contributed by atoms with E-state index in [4.69, 9.17) is 18.0 Å². The van der Waals surface area contributed by atoms with Crippen LogP contribution < -0.4 is 5.73 Å². The molecule has 1 atom stereocenters. The molecule has 1 aromatic carbocycles. The first-order valence-corrected chi connectivity index (χ1v) is 6.81. The molecule has 0 aliphatic carbocycles. The van der Waals surface area contributed by atoms with E-state index < -0.39 is 5.92 Å². The zero-order valence-corrected chi connectivity index (χ0v) is 11.5. The van der Waals surface area contributed by atoms with Crippen LogP contribution in [0.3, 0.4) is 0 Å². The molecule has 1 aliphatic heterocycles. The molecule has 0 spiro atoms. The zero-order valence-electron chi connectivity index (χ0n) is 10.7. The highest BCUT2D eigenvalue weighted by Crippen LogP contribution is 2.21. The maximum absolute atomic E-state index is 12.5. The number of nitrogens with two attached hydrogens (primary N) is 1. The van der Waals surface area contributed by atoms with Crippen molar-refractivity contribution in [1.82, 2.24) is 4.90 Å². The molecular formula is C14H18N2O2S. The highest BCUT2D eigenvalue weighted by Gasteiger charge is 2.30. The number of amides is 1. The van der Waals surface area contributed by atoms with Gasteiger partial charge in [-0.1, -0.05) is 42.5 Å². The maximum Gasteiger partial charge on any atom is 0.236 e. The predicted molar refractivity (Wildman–Crippen MR) is 77.8 cm³/mol. The fourth-order valence-corrected chi connectivity index (χ4v) is 2.58. The van der Waals surface area contributed by atoms with Crippen LogP contribution >= 0.6 is 12.2 Å². The predicted octanol–water partition coefficient (Wildman–Crippen LogP) is 1.04. The van der Waals surface area contributed by atoms with Gasteiger partial charge in [-0.3, -0.25) is 4.79 Å². The number of aliphatic hydroxyl groups is 1. The number of benzene rings is 1. The van der Waals surface area contributed by atoms with Gasteiger partial charge >= 0.3 is 0 Å². The van der Waals surface area contributed by atoms with Gasteiger partial charge in [0.2, 0.25) is 5.91 Å². The Hall–Kier alpha value is -1.46. The van der Waals surface area contributed by atoms with Crippen molar-refractivity contribution < 1.29 is 9.90 Å². The molecule has 5 heteroatoms. The quantitative estimate of drug-likeness (QED) is 0.811. The molecule has 1 aliphatic rings. The van der Waals surface area contributed by atoms with Crippen LogP contribution in [0.2, 0.25) is 0 Å². The first kappa shape index (κ1) is 14.0. The van der Waals surface area contributed by atoms with Crippen molar-refractivity contribution in [3.63, 3.8) is 0 Å². The third kappa shape index (κ3) is 3.30. The van der Waals surface area contributed by atoms with E-state index in [0.29, 0.717) is 25.9 Å². The van der Waals surface area contributed by atoms with Gasteiger partial charge in [0.1, 0.15) is 5.92 Å². The Morgan fingerprint density at radius 1 is 1.32 bits per heavy atom. The Balaban J connectivity index is 2.16. The molecule has 0 saturated carbocycles. The van der Waals surface area contributed by atoms with Crippen molar-refractivity contribution in [2.75, 3.05) is 13.1 Å². The summed E-state index contributed by atoms with van der Waals surface area (Å²) in [5, 5.41) is 9.49. The highest BCUT2D eigenvalue weighted by atomic mass is 32.1. The van der Waals surface area contributed by atoms with Gasteiger partial charge in [-0.25, -0.2) is 0 Å². The minimum atomic E-state index is -0.563. The molecule has 102 valence electrons. The second-order valence-electron chi connectivity index (χ2n) is 4.80. The Labute approximate surface area is 118 Å². The summed E-state index contributed by atoms with van der Waals surface area (Å²) in [5.41, 5.74) is 6.56. The average Bonchev–Trinajstić information content (AvgIpc) is 2.40. The maximum atomic E-state index is 12.5. The molecule has 0 bridgehead atoms. The lowest BCUT2D eigenvalue weighted by molar-refractivity contribution is -0.133. The van der Waals surface area contributed by atoms with Crippen molar-refractivity contribution in [1.29, 1.82) is 0 Å². The summed E-state index contributed by atoms with van der Waals surface area (Å²) in [6, 6.07) is 9.35. The van der Waals surface area contributed by atoms with E-state index in [0.717, 1.165) is 5.56 Å². The van der Waals surface area contributed by atoms with Crippen molar-refractivity contribution in [3.05, 3.63) is 35.9 Å². The third-order valence-electron chi connectivity index (χ3n) is 3.44. The molecule has 0 aromatic heterocycles. The van der Waals surface area contributed by atoms with E-state index in [1.807, 2.05) is 30.3 Å². The van der Waals surface area contributed by atoms with Gasteiger partial charge in [0, 0.05) is 13.1 Å². The van der Waals surface area contributed by atoms with Crippen LogP contribution in [-0.4, -0.2) is 40.1 Å². The smallest absolute Gasteiger partial charge is 0.236 e. The van der Waals surface area contributed by atoms with E-state index >= 15 is 0 Å². The van der Waals surface area contributed by atoms with Crippen LogP contribution in [0.4, 0.5) is 0 Å². The molecule has 1 heterocycles. The molecule has 4 nitrogen and oxygen atoms in total. The first-order chi connectivity index (χ1) is 9.09. The van der Waals surface area contributed by atoms with Gasteiger partial charge in [-0.2, -0.15) is 0 Å².